The molecule has 0 aromatic heterocycles. The molecule has 1 aliphatic heterocycles. The molecule has 5 nitrogen and oxygen atoms in total. The molecule has 1 aromatic carbocycles. The van der Waals surface area contributed by atoms with Gasteiger partial charge in [-0.25, -0.2) is 0 Å². The van der Waals surface area contributed by atoms with Gasteiger partial charge in [0.15, 0.2) is 6.61 Å². The van der Waals surface area contributed by atoms with E-state index in [0.29, 0.717) is 18.0 Å². The van der Waals surface area contributed by atoms with E-state index < -0.39 is 0 Å². The standard InChI is InChI=1S/C13H18N2O3/c14-10-4-5-12-11(8-10)15(13(17)9-18-12)6-2-1-3-7-16/h4-5,8,16H,1-3,6-7,9,14H2. The summed E-state index contributed by atoms with van der Waals surface area (Å²) >= 11 is 0. The van der Waals surface area contributed by atoms with Crippen molar-refractivity contribution in [3.05, 3.63) is 18.2 Å². The molecule has 2 rings (SSSR count). The lowest BCUT2D eigenvalue weighted by Crippen LogP contribution is -2.39. The van der Waals surface area contributed by atoms with Crippen LogP contribution in [0.3, 0.4) is 0 Å². The van der Waals surface area contributed by atoms with Gasteiger partial charge in [-0.2, -0.15) is 0 Å². The van der Waals surface area contributed by atoms with Gasteiger partial charge < -0.3 is 20.5 Å². The lowest BCUT2D eigenvalue weighted by atomic mass is 10.1. The van der Waals surface area contributed by atoms with Gasteiger partial charge in [0.2, 0.25) is 0 Å². The van der Waals surface area contributed by atoms with Crippen molar-refractivity contribution in [2.75, 3.05) is 30.4 Å². The number of hydrogen-bond donors (Lipinski definition) is 2. The number of hydrogen-bond acceptors (Lipinski definition) is 4. The van der Waals surface area contributed by atoms with Crippen LogP contribution < -0.4 is 15.4 Å². The van der Waals surface area contributed by atoms with E-state index in [-0.39, 0.29) is 19.1 Å². The quantitative estimate of drug-likeness (QED) is 0.607. The molecule has 0 bridgehead atoms. The van der Waals surface area contributed by atoms with Crippen molar-refractivity contribution in [2.24, 2.45) is 0 Å². The van der Waals surface area contributed by atoms with Crippen molar-refractivity contribution in [3.8, 4) is 5.75 Å². The Bertz CT molecular complexity index is 434. The number of anilines is 2. The largest absolute Gasteiger partial charge is 0.482 e. The van der Waals surface area contributed by atoms with Crippen LogP contribution in [0.1, 0.15) is 19.3 Å². The third kappa shape index (κ3) is 2.73. The van der Waals surface area contributed by atoms with E-state index in [9.17, 15) is 4.79 Å². The highest BCUT2D eigenvalue weighted by Gasteiger charge is 2.24. The Balaban J connectivity index is 2.09. The van der Waals surface area contributed by atoms with E-state index in [1.165, 1.54) is 0 Å². The normalized spacial score (nSPS) is 14.3. The summed E-state index contributed by atoms with van der Waals surface area (Å²) in [7, 11) is 0. The first kappa shape index (κ1) is 12.7. The van der Waals surface area contributed by atoms with Gasteiger partial charge in [-0.3, -0.25) is 4.79 Å². The first-order chi connectivity index (χ1) is 8.72. The maximum absolute atomic E-state index is 11.8. The average molecular weight is 250 g/mol. The molecule has 0 fully saturated rings. The maximum Gasteiger partial charge on any atom is 0.265 e. The minimum atomic E-state index is -0.0444. The molecule has 1 aliphatic rings. The summed E-state index contributed by atoms with van der Waals surface area (Å²) in [6.45, 7) is 0.913. The van der Waals surface area contributed by atoms with Crippen molar-refractivity contribution in [2.45, 2.75) is 19.3 Å². The van der Waals surface area contributed by atoms with Gasteiger partial charge >= 0.3 is 0 Å². The number of carbonyl (C=O) groups is 1. The van der Waals surface area contributed by atoms with E-state index >= 15 is 0 Å². The van der Waals surface area contributed by atoms with Crippen LogP contribution in [0, 0.1) is 0 Å². The van der Waals surface area contributed by atoms with E-state index in [1.54, 1.807) is 23.1 Å². The number of aliphatic hydroxyl groups is 1. The SMILES string of the molecule is Nc1ccc2c(c1)N(CCCCCO)C(=O)CO2. The second-order valence-corrected chi connectivity index (χ2v) is 4.35. The summed E-state index contributed by atoms with van der Waals surface area (Å²) in [5.74, 6) is 0.656. The number of ether oxygens (including phenoxy) is 1. The highest BCUT2D eigenvalue weighted by molar-refractivity contribution is 5.98. The maximum atomic E-state index is 11.8. The number of amides is 1. The third-order valence-electron chi connectivity index (χ3n) is 2.97. The number of nitrogen functional groups attached to an aromatic ring is 1. The predicted octanol–water partition coefficient (Wildman–Crippen LogP) is 1.16. The summed E-state index contributed by atoms with van der Waals surface area (Å²) < 4.78 is 5.36. The molecule has 98 valence electrons. The lowest BCUT2D eigenvalue weighted by molar-refractivity contribution is -0.121. The van der Waals surface area contributed by atoms with Crippen LogP contribution in [-0.4, -0.2) is 30.8 Å². The minimum Gasteiger partial charge on any atom is -0.482 e. The van der Waals surface area contributed by atoms with Crippen LogP contribution in [0.15, 0.2) is 18.2 Å². The van der Waals surface area contributed by atoms with Gasteiger partial charge in [0, 0.05) is 18.8 Å². The van der Waals surface area contributed by atoms with Crippen LogP contribution in [-0.2, 0) is 4.79 Å². The summed E-state index contributed by atoms with van der Waals surface area (Å²) in [4.78, 5) is 13.6. The van der Waals surface area contributed by atoms with Gasteiger partial charge in [-0.15, -0.1) is 0 Å². The molecule has 1 amide bonds. The second-order valence-electron chi connectivity index (χ2n) is 4.35. The minimum absolute atomic E-state index is 0.0444. The van der Waals surface area contributed by atoms with Crippen LogP contribution >= 0.6 is 0 Å². The van der Waals surface area contributed by atoms with Gasteiger partial charge in [-0.05, 0) is 37.5 Å². The Kier molecular flexibility index (Phi) is 4.04. The summed E-state index contributed by atoms with van der Waals surface area (Å²) in [6.07, 6.45) is 2.53. The van der Waals surface area contributed by atoms with Crippen molar-refractivity contribution < 1.29 is 14.6 Å². The van der Waals surface area contributed by atoms with Gasteiger partial charge in [0.1, 0.15) is 5.75 Å². The summed E-state index contributed by atoms with van der Waals surface area (Å²) in [5.41, 5.74) is 7.10. The fraction of sp³-hybridized carbons (Fsp3) is 0.462. The molecule has 0 saturated carbocycles. The molecule has 0 spiro atoms. The molecular weight excluding hydrogens is 232 g/mol. The Morgan fingerprint density at radius 1 is 1.33 bits per heavy atom. The second kappa shape index (κ2) is 5.73. The first-order valence-corrected chi connectivity index (χ1v) is 6.16. The zero-order chi connectivity index (χ0) is 13.0. The van der Waals surface area contributed by atoms with E-state index in [1.807, 2.05) is 0 Å². The number of nitrogens with zero attached hydrogens (tertiary/aromatic N) is 1. The highest BCUT2D eigenvalue weighted by Crippen LogP contribution is 2.33. The van der Waals surface area contributed by atoms with E-state index in [4.69, 9.17) is 15.6 Å². The lowest BCUT2D eigenvalue weighted by Gasteiger charge is -2.29. The molecular formula is C13H18N2O3. The Morgan fingerprint density at radius 3 is 2.94 bits per heavy atom. The van der Waals surface area contributed by atoms with Crippen molar-refractivity contribution in [1.29, 1.82) is 0 Å². The Morgan fingerprint density at radius 2 is 2.17 bits per heavy atom. The van der Waals surface area contributed by atoms with E-state index in [0.717, 1.165) is 24.9 Å². The van der Waals surface area contributed by atoms with Crippen molar-refractivity contribution >= 4 is 17.3 Å². The molecule has 0 atom stereocenters. The number of carbonyl (C=O) groups excluding carboxylic acids is 1. The third-order valence-corrected chi connectivity index (χ3v) is 2.97. The number of benzene rings is 1. The Hall–Kier alpha value is -1.75. The molecule has 0 saturated heterocycles. The van der Waals surface area contributed by atoms with Crippen LogP contribution in [0.5, 0.6) is 5.75 Å². The Labute approximate surface area is 106 Å². The predicted molar refractivity (Wildman–Crippen MR) is 69.6 cm³/mol. The van der Waals surface area contributed by atoms with E-state index in [2.05, 4.69) is 0 Å². The van der Waals surface area contributed by atoms with Crippen LogP contribution in [0.25, 0.3) is 0 Å². The van der Waals surface area contributed by atoms with Gasteiger partial charge in [0.25, 0.3) is 5.91 Å². The van der Waals surface area contributed by atoms with Crippen LogP contribution in [0.2, 0.25) is 0 Å². The number of rotatable bonds is 5. The summed E-state index contributed by atoms with van der Waals surface area (Å²) in [5, 5.41) is 8.73. The van der Waals surface area contributed by atoms with Crippen molar-refractivity contribution in [3.63, 3.8) is 0 Å². The molecule has 0 radical (unpaired) electrons. The monoisotopic (exact) mass is 250 g/mol. The molecule has 5 heteroatoms. The fourth-order valence-electron chi connectivity index (χ4n) is 2.02. The smallest absolute Gasteiger partial charge is 0.265 e. The topological polar surface area (TPSA) is 75.8 Å². The zero-order valence-corrected chi connectivity index (χ0v) is 10.3. The van der Waals surface area contributed by atoms with Gasteiger partial charge in [-0.1, -0.05) is 0 Å². The number of fused-ring (bicyclic) bond motifs is 1. The molecule has 0 aliphatic carbocycles. The zero-order valence-electron chi connectivity index (χ0n) is 10.3. The fourth-order valence-corrected chi connectivity index (χ4v) is 2.02. The van der Waals surface area contributed by atoms with Crippen LogP contribution in [0.4, 0.5) is 11.4 Å². The number of aliphatic hydroxyl groups excluding tert-OH is 1. The molecule has 18 heavy (non-hydrogen) atoms. The number of unbranched alkanes of at least 4 members (excludes halogenated alkanes) is 2. The highest BCUT2D eigenvalue weighted by atomic mass is 16.5. The first-order valence-electron chi connectivity index (χ1n) is 6.16. The number of nitrogens with two attached hydrogens (primary N) is 1. The molecule has 0 unspecified atom stereocenters. The molecule has 1 heterocycles. The average Bonchev–Trinajstić information content (AvgIpc) is 2.36. The van der Waals surface area contributed by atoms with Crippen molar-refractivity contribution in [1.82, 2.24) is 0 Å². The molecule has 3 N–H and O–H groups in total. The summed E-state index contributed by atoms with van der Waals surface area (Å²) in [6, 6.07) is 5.31. The molecule has 1 aromatic rings. The van der Waals surface area contributed by atoms with Gasteiger partial charge in [0.05, 0.1) is 5.69 Å².